The molecule has 116 valence electrons. The zero-order valence-electron chi connectivity index (χ0n) is 12.5. The van der Waals surface area contributed by atoms with Gasteiger partial charge in [-0.3, -0.25) is 10.1 Å². The summed E-state index contributed by atoms with van der Waals surface area (Å²) < 4.78 is 4.28. The Balaban J connectivity index is 1.56. The molecule has 0 atom stereocenters. The molecule has 2 aromatic carbocycles. The SMILES string of the molecule is O=C(Nc1nc(-c2ccccc2)ns1)c1ccc2ccccc2n1. The number of amides is 1. The van der Waals surface area contributed by atoms with Gasteiger partial charge in [-0.25, -0.2) is 4.98 Å². The van der Waals surface area contributed by atoms with E-state index in [2.05, 4.69) is 19.7 Å². The minimum absolute atomic E-state index is 0.295. The Labute approximate surface area is 142 Å². The molecule has 0 saturated carbocycles. The highest BCUT2D eigenvalue weighted by Crippen LogP contribution is 2.21. The first-order valence-corrected chi connectivity index (χ1v) is 8.13. The Morgan fingerprint density at radius 1 is 0.875 bits per heavy atom. The number of para-hydroxylation sites is 1. The molecule has 0 fully saturated rings. The van der Waals surface area contributed by atoms with Crippen molar-refractivity contribution in [3.8, 4) is 11.4 Å². The van der Waals surface area contributed by atoms with Gasteiger partial charge in [0.05, 0.1) is 5.52 Å². The van der Waals surface area contributed by atoms with Crippen LogP contribution in [0.3, 0.4) is 0 Å². The minimum atomic E-state index is -0.295. The van der Waals surface area contributed by atoms with Gasteiger partial charge in [-0.1, -0.05) is 54.6 Å². The molecule has 0 spiro atoms. The second-order valence-corrected chi connectivity index (χ2v) is 5.88. The summed E-state index contributed by atoms with van der Waals surface area (Å²) in [7, 11) is 0. The van der Waals surface area contributed by atoms with Crippen LogP contribution >= 0.6 is 11.5 Å². The zero-order valence-corrected chi connectivity index (χ0v) is 13.3. The van der Waals surface area contributed by atoms with E-state index in [-0.39, 0.29) is 5.91 Å². The first-order valence-electron chi connectivity index (χ1n) is 7.36. The number of pyridine rings is 1. The zero-order chi connectivity index (χ0) is 16.4. The average molecular weight is 332 g/mol. The molecule has 0 aliphatic heterocycles. The summed E-state index contributed by atoms with van der Waals surface area (Å²) in [4.78, 5) is 21.1. The third-order valence-corrected chi connectivity index (χ3v) is 4.14. The molecule has 0 bridgehead atoms. The lowest BCUT2D eigenvalue weighted by molar-refractivity contribution is 0.102. The summed E-state index contributed by atoms with van der Waals surface area (Å²) in [6, 6.07) is 20.9. The highest BCUT2D eigenvalue weighted by Gasteiger charge is 2.12. The molecule has 1 amide bonds. The molecule has 0 saturated heterocycles. The van der Waals surface area contributed by atoms with Crippen LogP contribution in [0, 0.1) is 0 Å². The first kappa shape index (κ1) is 14.5. The predicted molar refractivity (Wildman–Crippen MR) is 95.0 cm³/mol. The Bertz CT molecular complexity index is 1010. The van der Waals surface area contributed by atoms with Gasteiger partial charge >= 0.3 is 0 Å². The van der Waals surface area contributed by atoms with Crippen LogP contribution in [-0.2, 0) is 0 Å². The quantitative estimate of drug-likeness (QED) is 0.615. The van der Waals surface area contributed by atoms with Crippen molar-refractivity contribution >= 4 is 33.5 Å². The Hall–Kier alpha value is -3.12. The van der Waals surface area contributed by atoms with Crippen molar-refractivity contribution in [1.29, 1.82) is 0 Å². The van der Waals surface area contributed by atoms with Gasteiger partial charge in [-0.15, -0.1) is 0 Å². The second kappa shape index (κ2) is 6.17. The third kappa shape index (κ3) is 2.87. The van der Waals surface area contributed by atoms with Crippen LogP contribution in [0.1, 0.15) is 10.5 Å². The molecular weight excluding hydrogens is 320 g/mol. The van der Waals surface area contributed by atoms with Gasteiger partial charge in [0, 0.05) is 22.5 Å². The van der Waals surface area contributed by atoms with E-state index in [9.17, 15) is 4.79 Å². The van der Waals surface area contributed by atoms with Gasteiger partial charge in [0.1, 0.15) is 5.69 Å². The smallest absolute Gasteiger partial charge is 0.276 e. The molecule has 2 aromatic heterocycles. The molecular formula is C18H12N4OS. The normalized spacial score (nSPS) is 10.7. The van der Waals surface area contributed by atoms with Gasteiger partial charge in [0.25, 0.3) is 5.91 Å². The lowest BCUT2D eigenvalue weighted by atomic mass is 10.2. The number of aromatic nitrogens is 3. The molecule has 1 N–H and O–H groups in total. The number of fused-ring (bicyclic) bond motifs is 1. The van der Waals surface area contributed by atoms with Crippen molar-refractivity contribution in [1.82, 2.24) is 14.3 Å². The van der Waals surface area contributed by atoms with Gasteiger partial charge in [-0.2, -0.15) is 9.36 Å². The summed E-state index contributed by atoms with van der Waals surface area (Å²) in [5, 5.41) is 4.21. The molecule has 0 unspecified atom stereocenters. The van der Waals surface area contributed by atoms with E-state index in [1.807, 2.05) is 60.7 Å². The molecule has 2 heterocycles. The fourth-order valence-corrected chi connectivity index (χ4v) is 2.92. The number of nitrogens with zero attached hydrogens (tertiary/aromatic N) is 3. The van der Waals surface area contributed by atoms with Gasteiger partial charge in [0.15, 0.2) is 5.82 Å². The first-order chi connectivity index (χ1) is 11.8. The molecule has 4 aromatic rings. The summed E-state index contributed by atoms with van der Waals surface area (Å²) in [5.41, 5.74) is 2.05. The van der Waals surface area contributed by atoms with Crippen LogP contribution in [0.25, 0.3) is 22.3 Å². The van der Waals surface area contributed by atoms with Gasteiger partial charge < -0.3 is 0 Å². The van der Waals surface area contributed by atoms with Crippen LogP contribution in [0.4, 0.5) is 5.13 Å². The van der Waals surface area contributed by atoms with Crippen LogP contribution < -0.4 is 5.32 Å². The lowest BCUT2D eigenvalue weighted by Gasteiger charge is -2.02. The largest absolute Gasteiger partial charge is 0.295 e. The van der Waals surface area contributed by atoms with Crippen LogP contribution in [0.15, 0.2) is 66.7 Å². The number of nitrogens with one attached hydrogen (secondary N) is 1. The van der Waals surface area contributed by atoms with E-state index in [1.165, 1.54) is 0 Å². The Morgan fingerprint density at radius 3 is 2.54 bits per heavy atom. The fourth-order valence-electron chi connectivity index (χ4n) is 2.33. The monoisotopic (exact) mass is 332 g/mol. The highest BCUT2D eigenvalue weighted by molar-refractivity contribution is 7.10. The lowest BCUT2D eigenvalue weighted by Crippen LogP contribution is -2.13. The third-order valence-electron chi connectivity index (χ3n) is 3.51. The van der Waals surface area contributed by atoms with Crippen molar-refractivity contribution in [2.75, 3.05) is 5.32 Å². The summed E-state index contributed by atoms with van der Waals surface area (Å²) >= 11 is 1.15. The molecule has 0 aliphatic rings. The minimum Gasteiger partial charge on any atom is -0.295 e. The number of hydrogen-bond donors (Lipinski definition) is 1. The maximum Gasteiger partial charge on any atom is 0.276 e. The maximum absolute atomic E-state index is 12.4. The molecule has 6 heteroatoms. The van der Waals surface area contributed by atoms with Crippen molar-refractivity contribution in [2.45, 2.75) is 0 Å². The van der Waals surface area contributed by atoms with E-state index in [4.69, 9.17) is 0 Å². The Kier molecular flexibility index (Phi) is 3.72. The van der Waals surface area contributed by atoms with E-state index >= 15 is 0 Å². The standard InChI is InChI=1S/C18H12N4OS/c23-17(15-11-10-12-6-4-5-9-14(12)19-15)21-18-20-16(22-24-18)13-7-2-1-3-8-13/h1-11H,(H,20,21,22,23). The molecule has 4 rings (SSSR count). The summed E-state index contributed by atoms with van der Waals surface area (Å²) in [6.45, 7) is 0. The number of carbonyl (C=O) groups is 1. The number of hydrogen-bond acceptors (Lipinski definition) is 5. The topological polar surface area (TPSA) is 67.8 Å². The van der Waals surface area contributed by atoms with E-state index in [1.54, 1.807) is 6.07 Å². The van der Waals surface area contributed by atoms with Gasteiger partial charge in [-0.05, 0) is 12.1 Å². The predicted octanol–water partition coefficient (Wildman–Crippen LogP) is 4.01. The maximum atomic E-state index is 12.4. The van der Waals surface area contributed by atoms with Crippen molar-refractivity contribution < 1.29 is 4.79 Å². The van der Waals surface area contributed by atoms with Crippen molar-refractivity contribution in [3.05, 3.63) is 72.4 Å². The van der Waals surface area contributed by atoms with Crippen molar-refractivity contribution in [3.63, 3.8) is 0 Å². The number of carbonyl (C=O) groups excluding carboxylic acids is 1. The molecule has 5 nitrogen and oxygen atoms in total. The number of rotatable bonds is 3. The van der Waals surface area contributed by atoms with Gasteiger partial charge in [0.2, 0.25) is 5.13 Å². The molecule has 0 aliphatic carbocycles. The van der Waals surface area contributed by atoms with Crippen LogP contribution in [0.2, 0.25) is 0 Å². The number of benzene rings is 2. The van der Waals surface area contributed by atoms with Crippen LogP contribution in [-0.4, -0.2) is 20.2 Å². The van der Waals surface area contributed by atoms with Crippen molar-refractivity contribution in [2.24, 2.45) is 0 Å². The summed E-state index contributed by atoms with van der Waals surface area (Å²) in [5.74, 6) is 0.305. The van der Waals surface area contributed by atoms with E-state index in [0.717, 1.165) is 28.0 Å². The highest BCUT2D eigenvalue weighted by atomic mass is 32.1. The van der Waals surface area contributed by atoms with Crippen LogP contribution in [0.5, 0.6) is 0 Å². The van der Waals surface area contributed by atoms with E-state index in [0.29, 0.717) is 16.6 Å². The second-order valence-electron chi connectivity index (χ2n) is 5.13. The number of anilines is 1. The average Bonchev–Trinajstić information content (AvgIpc) is 3.10. The van der Waals surface area contributed by atoms with E-state index < -0.39 is 0 Å². The molecule has 0 radical (unpaired) electrons. The summed E-state index contributed by atoms with van der Waals surface area (Å²) in [6.07, 6.45) is 0. The Morgan fingerprint density at radius 2 is 1.67 bits per heavy atom. The fraction of sp³-hybridized carbons (Fsp3) is 0. The molecule has 24 heavy (non-hydrogen) atoms.